The lowest BCUT2D eigenvalue weighted by Crippen LogP contribution is -2.49. The first kappa shape index (κ1) is 25.9. The molecule has 1 atom stereocenters. The number of morpholine rings is 1. The molecule has 1 heterocycles. The molecule has 0 radical (unpaired) electrons. The Bertz CT molecular complexity index is 1080. The summed E-state index contributed by atoms with van der Waals surface area (Å²) in [7, 11) is -3.98. The van der Waals surface area contributed by atoms with E-state index < -0.39 is 46.1 Å². The molecule has 1 fully saturated rings. The van der Waals surface area contributed by atoms with E-state index in [4.69, 9.17) is 4.74 Å². The van der Waals surface area contributed by atoms with Gasteiger partial charge in [-0.3, -0.25) is 4.79 Å². The molecule has 1 aliphatic heterocycles. The summed E-state index contributed by atoms with van der Waals surface area (Å²) in [5.41, 5.74) is -0.125. The topological polar surface area (TPSA) is 79.0 Å². The lowest BCUT2D eigenvalue weighted by atomic mass is 10.1. The standard InChI is InChI=1S/C22H25F4N3O4S/c1-2-29(34(31,32)20-9-5-17(23)6-10-20)15-21(30)27-13-19-14-28(11-12-33-19)18-7-3-16(4-8-18)22(24,25)26/h3-10,19H,2,11-15H2,1H3,(H,27,30). The Hall–Kier alpha value is -2.70. The van der Waals surface area contributed by atoms with E-state index in [9.17, 15) is 30.8 Å². The van der Waals surface area contributed by atoms with Gasteiger partial charge in [0, 0.05) is 31.9 Å². The van der Waals surface area contributed by atoms with Crippen LogP contribution in [-0.4, -0.2) is 64.1 Å². The molecule has 34 heavy (non-hydrogen) atoms. The number of hydrogen-bond acceptors (Lipinski definition) is 5. The van der Waals surface area contributed by atoms with Crippen molar-refractivity contribution in [3.63, 3.8) is 0 Å². The zero-order valence-corrected chi connectivity index (χ0v) is 19.2. The van der Waals surface area contributed by atoms with Crippen LogP contribution in [-0.2, 0) is 25.7 Å². The first-order valence-corrected chi connectivity index (χ1v) is 12.0. The first-order chi connectivity index (χ1) is 16.0. The Morgan fingerprint density at radius 1 is 1.15 bits per heavy atom. The summed E-state index contributed by atoms with van der Waals surface area (Å²) in [6.07, 6.45) is -4.84. The predicted octanol–water partition coefficient (Wildman–Crippen LogP) is 2.88. The van der Waals surface area contributed by atoms with Crippen LogP contribution in [0.5, 0.6) is 0 Å². The second kappa shape index (κ2) is 10.7. The Morgan fingerprint density at radius 3 is 2.38 bits per heavy atom. The molecule has 1 unspecified atom stereocenters. The normalized spacial score (nSPS) is 17.1. The first-order valence-electron chi connectivity index (χ1n) is 10.6. The van der Waals surface area contributed by atoms with Crippen molar-refractivity contribution in [2.24, 2.45) is 0 Å². The van der Waals surface area contributed by atoms with Gasteiger partial charge in [0.2, 0.25) is 15.9 Å². The number of likely N-dealkylation sites (N-methyl/N-ethyl adjacent to an activating group) is 1. The molecule has 2 aromatic rings. The van der Waals surface area contributed by atoms with Gasteiger partial charge in [-0.05, 0) is 48.5 Å². The average molecular weight is 504 g/mol. The number of ether oxygens (including phenoxy) is 1. The lowest BCUT2D eigenvalue weighted by molar-refractivity contribution is -0.137. The molecule has 3 rings (SSSR count). The molecule has 0 saturated carbocycles. The van der Waals surface area contributed by atoms with Gasteiger partial charge in [0.15, 0.2) is 0 Å². The Labute approximate surface area is 195 Å². The van der Waals surface area contributed by atoms with Gasteiger partial charge in [-0.25, -0.2) is 12.8 Å². The third-order valence-electron chi connectivity index (χ3n) is 5.35. The van der Waals surface area contributed by atoms with Crippen molar-refractivity contribution in [1.29, 1.82) is 0 Å². The number of sulfonamides is 1. The number of hydrogen-bond donors (Lipinski definition) is 1. The van der Waals surface area contributed by atoms with Crippen molar-refractivity contribution in [2.75, 3.05) is 44.2 Å². The van der Waals surface area contributed by atoms with Gasteiger partial charge in [-0.15, -0.1) is 0 Å². The highest BCUT2D eigenvalue weighted by Crippen LogP contribution is 2.30. The second-order valence-electron chi connectivity index (χ2n) is 7.67. The monoisotopic (exact) mass is 503 g/mol. The molecular formula is C22H25F4N3O4S. The minimum Gasteiger partial charge on any atom is -0.373 e. The van der Waals surface area contributed by atoms with Crippen LogP contribution in [0.15, 0.2) is 53.4 Å². The molecule has 1 aliphatic rings. The van der Waals surface area contributed by atoms with E-state index >= 15 is 0 Å². The maximum Gasteiger partial charge on any atom is 0.416 e. The minimum absolute atomic E-state index is 0.0365. The zero-order valence-electron chi connectivity index (χ0n) is 18.4. The molecule has 2 aromatic carbocycles. The number of amides is 1. The molecule has 0 aliphatic carbocycles. The summed E-state index contributed by atoms with van der Waals surface area (Å²) in [6, 6.07) is 9.15. The Balaban J connectivity index is 1.55. The van der Waals surface area contributed by atoms with Gasteiger partial charge in [0.25, 0.3) is 0 Å². The smallest absolute Gasteiger partial charge is 0.373 e. The number of nitrogens with one attached hydrogen (secondary N) is 1. The van der Waals surface area contributed by atoms with E-state index in [2.05, 4.69) is 5.32 Å². The van der Waals surface area contributed by atoms with Crippen molar-refractivity contribution in [3.8, 4) is 0 Å². The molecular weight excluding hydrogens is 478 g/mol. The van der Waals surface area contributed by atoms with Gasteiger partial charge in [-0.2, -0.15) is 17.5 Å². The average Bonchev–Trinajstić information content (AvgIpc) is 2.81. The van der Waals surface area contributed by atoms with E-state index in [-0.39, 0.29) is 18.0 Å². The van der Waals surface area contributed by atoms with Gasteiger partial charge in [0.05, 0.1) is 29.7 Å². The van der Waals surface area contributed by atoms with Crippen LogP contribution < -0.4 is 10.2 Å². The van der Waals surface area contributed by atoms with E-state index in [1.165, 1.54) is 12.1 Å². The zero-order chi connectivity index (χ0) is 24.9. The predicted molar refractivity (Wildman–Crippen MR) is 117 cm³/mol. The van der Waals surface area contributed by atoms with Gasteiger partial charge in [0.1, 0.15) is 5.82 Å². The Morgan fingerprint density at radius 2 is 1.79 bits per heavy atom. The number of carbonyl (C=O) groups excluding carboxylic acids is 1. The molecule has 12 heteroatoms. The molecule has 186 valence electrons. The minimum atomic E-state index is -4.41. The quantitative estimate of drug-likeness (QED) is 0.561. The fourth-order valence-corrected chi connectivity index (χ4v) is 4.91. The largest absolute Gasteiger partial charge is 0.416 e. The van der Waals surface area contributed by atoms with Crippen LogP contribution in [0, 0.1) is 5.82 Å². The third-order valence-corrected chi connectivity index (χ3v) is 7.28. The highest BCUT2D eigenvalue weighted by atomic mass is 32.2. The summed E-state index contributed by atoms with van der Waals surface area (Å²) in [5.74, 6) is -1.11. The van der Waals surface area contributed by atoms with Crippen molar-refractivity contribution in [3.05, 3.63) is 59.9 Å². The van der Waals surface area contributed by atoms with Crippen LogP contribution in [0.2, 0.25) is 0 Å². The summed E-state index contributed by atoms with van der Waals surface area (Å²) in [4.78, 5) is 14.2. The van der Waals surface area contributed by atoms with Crippen molar-refractivity contribution in [2.45, 2.75) is 24.1 Å². The number of rotatable bonds is 8. The number of benzene rings is 2. The SMILES string of the molecule is CCN(CC(=O)NCC1CN(c2ccc(C(F)(F)F)cc2)CCO1)S(=O)(=O)c1ccc(F)cc1. The molecule has 0 aromatic heterocycles. The van der Waals surface area contributed by atoms with Crippen LogP contribution in [0.1, 0.15) is 12.5 Å². The number of carbonyl (C=O) groups is 1. The lowest BCUT2D eigenvalue weighted by Gasteiger charge is -2.34. The molecule has 1 amide bonds. The molecule has 1 N–H and O–H groups in total. The maximum absolute atomic E-state index is 13.1. The molecule has 0 bridgehead atoms. The van der Waals surface area contributed by atoms with Crippen molar-refractivity contribution in [1.82, 2.24) is 9.62 Å². The molecule has 7 nitrogen and oxygen atoms in total. The summed E-state index contributed by atoms with van der Waals surface area (Å²) in [5, 5.41) is 2.65. The van der Waals surface area contributed by atoms with Gasteiger partial charge < -0.3 is 15.0 Å². The fraction of sp³-hybridized carbons (Fsp3) is 0.409. The van der Waals surface area contributed by atoms with Gasteiger partial charge in [-0.1, -0.05) is 6.92 Å². The summed E-state index contributed by atoms with van der Waals surface area (Å²) >= 11 is 0. The van der Waals surface area contributed by atoms with Gasteiger partial charge >= 0.3 is 6.18 Å². The molecule has 0 spiro atoms. The second-order valence-corrected chi connectivity index (χ2v) is 9.61. The number of halogens is 4. The van der Waals surface area contributed by atoms with E-state index in [1.54, 1.807) is 6.92 Å². The summed E-state index contributed by atoms with van der Waals surface area (Å²) in [6.45, 7) is 2.44. The van der Waals surface area contributed by atoms with E-state index in [1.807, 2.05) is 4.90 Å². The van der Waals surface area contributed by atoms with Crippen LogP contribution in [0.3, 0.4) is 0 Å². The molecule has 1 saturated heterocycles. The maximum atomic E-state index is 13.1. The van der Waals surface area contributed by atoms with Crippen molar-refractivity contribution >= 4 is 21.6 Å². The van der Waals surface area contributed by atoms with E-state index in [0.717, 1.165) is 40.7 Å². The van der Waals surface area contributed by atoms with Crippen LogP contribution in [0.4, 0.5) is 23.2 Å². The Kier molecular flexibility index (Phi) is 8.16. The fourth-order valence-electron chi connectivity index (χ4n) is 3.50. The van der Waals surface area contributed by atoms with Crippen LogP contribution in [0.25, 0.3) is 0 Å². The number of nitrogens with zero attached hydrogens (tertiary/aromatic N) is 2. The van der Waals surface area contributed by atoms with Crippen molar-refractivity contribution < 1.29 is 35.5 Å². The summed E-state index contributed by atoms with van der Waals surface area (Å²) < 4.78 is 83.5. The highest BCUT2D eigenvalue weighted by molar-refractivity contribution is 7.89. The van der Waals surface area contributed by atoms with Crippen LogP contribution >= 0.6 is 0 Å². The third kappa shape index (κ3) is 6.45. The number of anilines is 1. The number of alkyl halides is 3. The highest BCUT2D eigenvalue weighted by Gasteiger charge is 2.31. The van der Waals surface area contributed by atoms with E-state index in [0.29, 0.717) is 25.4 Å².